The lowest BCUT2D eigenvalue weighted by Gasteiger charge is -2.07. The van der Waals surface area contributed by atoms with Gasteiger partial charge in [-0.25, -0.2) is 4.39 Å². The molecule has 0 aliphatic heterocycles. The molecule has 0 spiro atoms. The average Bonchev–Trinajstić information content (AvgIpc) is 2.11. The molecule has 1 aromatic carbocycles. The van der Waals surface area contributed by atoms with E-state index in [2.05, 4.69) is 0 Å². The van der Waals surface area contributed by atoms with Crippen LogP contribution < -0.4 is 5.73 Å². The Bertz CT molecular complexity index is 357. The van der Waals surface area contributed by atoms with Crippen LogP contribution in [0.25, 0.3) is 0 Å². The Morgan fingerprint density at radius 1 is 1.60 bits per heavy atom. The molecular weight excluding hydrogens is 221 g/mol. The number of nitrogens with two attached hydrogens (primary N) is 1. The van der Waals surface area contributed by atoms with Crippen LogP contribution in [0.5, 0.6) is 0 Å². The van der Waals surface area contributed by atoms with Crippen molar-refractivity contribution < 1.29 is 14.3 Å². The summed E-state index contributed by atoms with van der Waals surface area (Å²) in [6, 6.07) is 3.54. The molecule has 0 heterocycles. The number of carboxylic acids is 1. The minimum atomic E-state index is -1.05. The van der Waals surface area contributed by atoms with E-state index in [1.165, 1.54) is 6.07 Å². The summed E-state index contributed by atoms with van der Waals surface area (Å²) in [6.07, 6.45) is 0.219. The molecule has 15 heavy (non-hydrogen) atoms. The topological polar surface area (TPSA) is 63.3 Å². The fourth-order valence-electron chi connectivity index (χ4n) is 1.18. The molecule has 0 bridgehead atoms. The highest BCUT2D eigenvalue weighted by atomic mass is 35.5. The number of carboxylic acid groups (broad SMARTS) is 1. The Labute approximate surface area is 93.5 Å². The first-order valence-corrected chi connectivity index (χ1v) is 4.24. The average molecular weight is 234 g/mol. The molecule has 3 N–H and O–H groups in total. The van der Waals surface area contributed by atoms with Gasteiger partial charge in [0.25, 0.3) is 0 Å². The summed E-state index contributed by atoms with van der Waals surface area (Å²) in [5.74, 6) is -1.34. The predicted octanol–water partition coefficient (Wildman–Crippen LogP) is 1.51. The standard InChI is InChI=1S/C10H12FNO2.ClH/c1-6-4-7(2-3-8(6)11)5-9(12)10(13)14;/h2-4,9H,5,12H2,1H3,(H,13,14);1H. The van der Waals surface area contributed by atoms with Gasteiger partial charge in [-0.15, -0.1) is 12.4 Å². The van der Waals surface area contributed by atoms with Gasteiger partial charge in [0.2, 0.25) is 0 Å². The van der Waals surface area contributed by atoms with E-state index in [0.717, 1.165) is 5.56 Å². The predicted molar refractivity (Wildman–Crippen MR) is 57.7 cm³/mol. The molecule has 1 aromatic rings. The smallest absolute Gasteiger partial charge is 0.320 e. The Morgan fingerprint density at radius 3 is 2.67 bits per heavy atom. The number of carbonyl (C=O) groups is 1. The van der Waals surface area contributed by atoms with Crippen molar-refractivity contribution in [2.24, 2.45) is 5.73 Å². The number of rotatable bonds is 3. The van der Waals surface area contributed by atoms with Crippen LogP contribution in [0, 0.1) is 12.7 Å². The summed E-state index contributed by atoms with van der Waals surface area (Å²) in [4.78, 5) is 10.5. The largest absolute Gasteiger partial charge is 0.480 e. The van der Waals surface area contributed by atoms with Gasteiger partial charge in [0.15, 0.2) is 0 Å². The second-order valence-electron chi connectivity index (χ2n) is 3.23. The number of halogens is 2. The number of aryl methyl sites for hydroxylation is 1. The number of benzene rings is 1. The van der Waals surface area contributed by atoms with Gasteiger partial charge < -0.3 is 10.8 Å². The van der Waals surface area contributed by atoms with Crippen molar-refractivity contribution in [1.29, 1.82) is 0 Å². The van der Waals surface area contributed by atoms with Gasteiger partial charge in [0.1, 0.15) is 11.9 Å². The molecule has 0 amide bonds. The van der Waals surface area contributed by atoms with Gasteiger partial charge >= 0.3 is 5.97 Å². The fraction of sp³-hybridized carbons (Fsp3) is 0.300. The lowest BCUT2D eigenvalue weighted by Crippen LogP contribution is -2.32. The van der Waals surface area contributed by atoms with Crippen molar-refractivity contribution in [2.45, 2.75) is 19.4 Å². The molecule has 0 aliphatic rings. The van der Waals surface area contributed by atoms with Gasteiger partial charge in [-0.2, -0.15) is 0 Å². The van der Waals surface area contributed by atoms with Crippen LogP contribution in [0.3, 0.4) is 0 Å². The summed E-state index contributed by atoms with van der Waals surface area (Å²) in [7, 11) is 0. The zero-order valence-corrected chi connectivity index (χ0v) is 9.05. The van der Waals surface area contributed by atoms with Gasteiger partial charge in [0, 0.05) is 0 Å². The fourth-order valence-corrected chi connectivity index (χ4v) is 1.18. The summed E-state index contributed by atoms with van der Waals surface area (Å²) >= 11 is 0. The van der Waals surface area contributed by atoms with E-state index in [9.17, 15) is 9.18 Å². The Morgan fingerprint density at radius 2 is 2.20 bits per heavy atom. The lowest BCUT2D eigenvalue weighted by molar-refractivity contribution is -0.138. The number of hydrogen-bond acceptors (Lipinski definition) is 2. The van der Waals surface area contributed by atoms with Crippen molar-refractivity contribution in [1.82, 2.24) is 0 Å². The molecule has 0 saturated heterocycles. The molecule has 1 rings (SSSR count). The quantitative estimate of drug-likeness (QED) is 0.832. The second-order valence-corrected chi connectivity index (χ2v) is 3.23. The van der Waals surface area contributed by atoms with Crippen molar-refractivity contribution in [3.05, 3.63) is 35.1 Å². The van der Waals surface area contributed by atoms with Crippen molar-refractivity contribution in [3.63, 3.8) is 0 Å². The van der Waals surface area contributed by atoms with Gasteiger partial charge in [-0.05, 0) is 30.5 Å². The van der Waals surface area contributed by atoms with Gasteiger partial charge in [-0.1, -0.05) is 12.1 Å². The van der Waals surface area contributed by atoms with Crippen LogP contribution in [0.4, 0.5) is 4.39 Å². The van der Waals surface area contributed by atoms with E-state index in [1.54, 1.807) is 19.1 Å². The molecule has 1 atom stereocenters. The van der Waals surface area contributed by atoms with Gasteiger partial charge in [-0.3, -0.25) is 4.79 Å². The van der Waals surface area contributed by atoms with Crippen LogP contribution in [0.1, 0.15) is 11.1 Å². The van der Waals surface area contributed by atoms with Crippen molar-refractivity contribution in [2.75, 3.05) is 0 Å². The van der Waals surface area contributed by atoms with E-state index in [4.69, 9.17) is 10.8 Å². The highest BCUT2D eigenvalue weighted by Crippen LogP contribution is 2.10. The van der Waals surface area contributed by atoms with E-state index in [0.29, 0.717) is 5.56 Å². The Balaban J connectivity index is 0.00000196. The monoisotopic (exact) mass is 233 g/mol. The third-order valence-corrected chi connectivity index (χ3v) is 2.00. The summed E-state index contributed by atoms with van der Waals surface area (Å²) in [5, 5.41) is 8.57. The summed E-state index contributed by atoms with van der Waals surface area (Å²) < 4.78 is 12.8. The summed E-state index contributed by atoms with van der Waals surface area (Å²) in [6.45, 7) is 1.63. The highest BCUT2D eigenvalue weighted by Gasteiger charge is 2.12. The molecule has 0 aliphatic carbocycles. The molecule has 0 saturated carbocycles. The maximum Gasteiger partial charge on any atom is 0.320 e. The number of aliphatic carboxylic acids is 1. The zero-order chi connectivity index (χ0) is 10.7. The zero-order valence-electron chi connectivity index (χ0n) is 8.24. The third-order valence-electron chi connectivity index (χ3n) is 2.00. The second kappa shape index (κ2) is 5.68. The molecule has 5 heteroatoms. The first kappa shape index (κ1) is 13.9. The molecule has 3 nitrogen and oxygen atoms in total. The minimum Gasteiger partial charge on any atom is -0.480 e. The third kappa shape index (κ3) is 3.85. The van der Waals surface area contributed by atoms with E-state index >= 15 is 0 Å². The molecule has 0 fully saturated rings. The maximum absolute atomic E-state index is 12.8. The SMILES string of the molecule is Cc1cc(CC(N)C(=O)O)ccc1F.Cl. The summed E-state index contributed by atoms with van der Waals surface area (Å²) in [5.41, 5.74) is 6.58. The maximum atomic E-state index is 12.8. The minimum absolute atomic E-state index is 0. The first-order chi connectivity index (χ1) is 6.50. The van der Waals surface area contributed by atoms with E-state index in [1.807, 2.05) is 0 Å². The number of hydrogen-bond donors (Lipinski definition) is 2. The molecule has 84 valence electrons. The van der Waals surface area contributed by atoms with Crippen LogP contribution in [-0.2, 0) is 11.2 Å². The Kier molecular flexibility index (Phi) is 5.25. The van der Waals surface area contributed by atoms with Crippen LogP contribution in [0.2, 0.25) is 0 Å². The highest BCUT2D eigenvalue weighted by molar-refractivity contribution is 5.85. The van der Waals surface area contributed by atoms with Crippen LogP contribution in [-0.4, -0.2) is 17.1 Å². The molecule has 0 radical (unpaired) electrons. The molecule has 0 aromatic heterocycles. The molecular formula is C10H13ClFNO2. The van der Waals surface area contributed by atoms with Gasteiger partial charge in [0.05, 0.1) is 0 Å². The van der Waals surface area contributed by atoms with E-state index in [-0.39, 0.29) is 24.6 Å². The van der Waals surface area contributed by atoms with Crippen LogP contribution in [0.15, 0.2) is 18.2 Å². The first-order valence-electron chi connectivity index (χ1n) is 4.24. The lowest BCUT2D eigenvalue weighted by atomic mass is 10.0. The van der Waals surface area contributed by atoms with Crippen molar-refractivity contribution >= 4 is 18.4 Å². The van der Waals surface area contributed by atoms with Crippen molar-refractivity contribution in [3.8, 4) is 0 Å². The van der Waals surface area contributed by atoms with Crippen LogP contribution >= 0.6 is 12.4 Å². The van der Waals surface area contributed by atoms with E-state index < -0.39 is 12.0 Å². The Hall–Kier alpha value is -1.13. The normalized spacial score (nSPS) is 11.7. The molecule has 1 unspecified atom stereocenters.